The Morgan fingerprint density at radius 1 is 1.23 bits per heavy atom. The minimum Gasteiger partial charge on any atom is -0.486 e. The van der Waals surface area contributed by atoms with Gasteiger partial charge < -0.3 is 19.7 Å². The molecular weight excluding hydrogens is 282 g/mol. The number of nitrogens with zero attached hydrogens (tertiary/aromatic N) is 2. The lowest BCUT2D eigenvalue weighted by Crippen LogP contribution is -2.49. The topological polar surface area (TPSA) is 54.0 Å². The number of benzene rings is 1. The van der Waals surface area contributed by atoms with Crippen molar-refractivity contribution in [3.63, 3.8) is 0 Å². The molecule has 1 amide bonds. The van der Waals surface area contributed by atoms with Gasteiger partial charge in [0.05, 0.1) is 13.1 Å². The number of nitrogens with one attached hydrogen (secondary N) is 1. The predicted octanol–water partition coefficient (Wildman–Crippen LogP) is 0.190. The molecule has 22 heavy (non-hydrogen) atoms. The van der Waals surface area contributed by atoms with Gasteiger partial charge in [0, 0.05) is 26.2 Å². The van der Waals surface area contributed by atoms with E-state index in [9.17, 15) is 4.79 Å². The number of hydrogen-bond acceptors (Lipinski definition) is 5. The van der Waals surface area contributed by atoms with Crippen molar-refractivity contribution < 1.29 is 14.3 Å². The molecule has 1 fully saturated rings. The van der Waals surface area contributed by atoms with Crippen LogP contribution in [-0.2, 0) is 4.79 Å². The molecule has 1 aromatic carbocycles. The number of hydrogen-bond donors (Lipinski definition) is 1. The Labute approximate surface area is 131 Å². The van der Waals surface area contributed by atoms with Gasteiger partial charge in [-0.1, -0.05) is 12.1 Å². The maximum absolute atomic E-state index is 12.0. The van der Waals surface area contributed by atoms with E-state index in [1.165, 1.54) is 0 Å². The maximum Gasteiger partial charge on any atom is 0.234 e. The van der Waals surface area contributed by atoms with E-state index in [0.29, 0.717) is 19.7 Å². The molecule has 0 bridgehead atoms. The van der Waals surface area contributed by atoms with Crippen LogP contribution in [0, 0.1) is 0 Å². The molecule has 120 valence electrons. The largest absolute Gasteiger partial charge is 0.486 e. The van der Waals surface area contributed by atoms with Crippen molar-refractivity contribution in [1.82, 2.24) is 15.1 Å². The summed E-state index contributed by atoms with van der Waals surface area (Å²) >= 11 is 0. The van der Waals surface area contributed by atoms with Crippen LogP contribution in [0.15, 0.2) is 24.3 Å². The normalized spacial score (nSPS) is 22.3. The molecule has 6 nitrogen and oxygen atoms in total. The van der Waals surface area contributed by atoms with Gasteiger partial charge in [-0.15, -0.1) is 0 Å². The Bertz CT molecular complexity index is 515. The molecule has 0 spiro atoms. The number of ether oxygens (including phenoxy) is 2. The van der Waals surface area contributed by atoms with Crippen LogP contribution in [0.1, 0.15) is 0 Å². The summed E-state index contributed by atoms with van der Waals surface area (Å²) in [5, 5.41) is 2.94. The monoisotopic (exact) mass is 305 g/mol. The fraction of sp³-hybridized carbons (Fsp3) is 0.562. The van der Waals surface area contributed by atoms with Crippen molar-refractivity contribution in [2.75, 3.05) is 52.9 Å². The zero-order valence-electron chi connectivity index (χ0n) is 13.0. The highest BCUT2D eigenvalue weighted by molar-refractivity contribution is 5.78. The summed E-state index contributed by atoms with van der Waals surface area (Å²) < 4.78 is 11.5. The van der Waals surface area contributed by atoms with Gasteiger partial charge in [0.2, 0.25) is 5.91 Å². The zero-order valence-corrected chi connectivity index (χ0v) is 13.0. The van der Waals surface area contributed by atoms with E-state index in [1.54, 1.807) is 0 Å². The van der Waals surface area contributed by atoms with Gasteiger partial charge in [0.25, 0.3) is 0 Å². The average molecular weight is 305 g/mol. The quantitative estimate of drug-likeness (QED) is 0.861. The third-order valence-corrected chi connectivity index (χ3v) is 4.06. The van der Waals surface area contributed by atoms with Gasteiger partial charge in [-0.05, 0) is 19.2 Å². The molecule has 1 atom stereocenters. The summed E-state index contributed by atoms with van der Waals surface area (Å²) in [4.78, 5) is 16.5. The zero-order chi connectivity index (χ0) is 15.4. The standard InChI is InChI=1S/C16H23N3O3/c1-18-6-8-19(9-7-18)11-16(20)17-10-13-12-21-14-4-2-3-5-15(14)22-13/h2-5,13H,6-12H2,1H3,(H,17,20)/t13-/m0/s1. The minimum atomic E-state index is -0.133. The number of fused-ring (bicyclic) bond motifs is 1. The Hall–Kier alpha value is -1.79. The van der Waals surface area contributed by atoms with Gasteiger partial charge in [0.15, 0.2) is 11.5 Å². The number of amides is 1. The molecule has 3 rings (SSSR count). The number of likely N-dealkylation sites (N-methyl/N-ethyl adjacent to an activating group) is 1. The Balaban J connectivity index is 1.40. The minimum absolute atomic E-state index is 0.0482. The van der Waals surface area contributed by atoms with E-state index in [-0.39, 0.29) is 12.0 Å². The third-order valence-electron chi connectivity index (χ3n) is 4.06. The van der Waals surface area contributed by atoms with Crippen LogP contribution in [0.25, 0.3) is 0 Å². The second kappa shape index (κ2) is 6.98. The number of carbonyl (C=O) groups is 1. The number of carbonyl (C=O) groups excluding carboxylic acids is 1. The Morgan fingerprint density at radius 3 is 2.73 bits per heavy atom. The molecule has 2 heterocycles. The summed E-state index contributed by atoms with van der Waals surface area (Å²) in [5.74, 6) is 1.56. The van der Waals surface area contributed by atoms with Crippen molar-refractivity contribution in [3.8, 4) is 11.5 Å². The van der Waals surface area contributed by atoms with Crippen molar-refractivity contribution in [2.24, 2.45) is 0 Å². The van der Waals surface area contributed by atoms with Gasteiger partial charge in [-0.2, -0.15) is 0 Å². The number of para-hydroxylation sites is 2. The van der Waals surface area contributed by atoms with Gasteiger partial charge >= 0.3 is 0 Å². The molecule has 0 radical (unpaired) electrons. The van der Waals surface area contributed by atoms with E-state index >= 15 is 0 Å². The molecule has 0 aliphatic carbocycles. The first kappa shape index (κ1) is 15.1. The van der Waals surface area contributed by atoms with Crippen LogP contribution >= 0.6 is 0 Å². The highest BCUT2D eigenvalue weighted by atomic mass is 16.6. The molecule has 0 aromatic heterocycles. The summed E-state index contributed by atoms with van der Waals surface area (Å²) in [5.41, 5.74) is 0. The Morgan fingerprint density at radius 2 is 1.95 bits per heavy atom. The number of rotatable bonds is 4. The second-order valence-corrected chi connectivity index (χ2v) is 5.88. The van der Waals surface area contributed by atoms with Crippen molar-refractivity contribution in [3.05, 3.63) is 24.3 Å². The summed E-state index contributed by atoms with van der Waals surface area (Å²) in [6.07, 6.45) is -0.133. The van der Waals surface area contributed by atoms with Gasteiger partial charge in [0.1, 0.15) is 12.7 Å². The molecule has 2 aliphatic rings. The summed E-state index contributed by atoms with van der Waals surface area (Å²) in [6, 6.07) is 7.60. The van der Waals surface area contributed by atoms with Gasteiger partial charge in [-0.25, -0.2) is 0 Å². The van der Waals surface area contributed by atoms with E-state index in [2.05, 4.69) is 22.2 Å². The van der Waals surface area contributed by atoms with E-state index in [1.807, 2.05) is 24.3 Å². The molecule has 0 unspecified atom stereocenters. The van der Waals surface area contributed by atoms with Crippen LogP contribution < -0.4 is 14.8 Å². The molecule has 0 saturated carbocycles. The number of piperazine rings is 1. The average Bonchev–Trinajstić information content (AvgIpc) is 2.55. The maximum atomic E-state index is 12.0. The fourth-order valence-corrected chi connectivity index (χ4v) is 2.66. The fourth-order valence-electron chi connectivity index (χ4n) is 2.66. The lowest BCUT2D eigenvalue weighted by molar-refractivity contribution is -0.123. The molecule has 6 heteroatoms. The first-order chi connectivity index (χ1) is 10.7. The molecular formula is C16H23N3O3. The van der Waals surface area contributed by atoms with E-state index in [0.717, 1.165) is 37.7 Å². The molecule has 1 saturated heterocycles. The predicted molar refractivity (Wildman–Crippen MR) is 83.3 cm³/mol. The molecule has 2 aliphatic heterocycles. The van der Waals surface area contributed by atoms with E-state index < -0.39 is 0 Å². The van der Waals surface area contributed by atoms with E-state index in [4.69, 9.17) is 9.47 Å². The van der Waals surface area contributed by atoms with Crippen LogP contribution in [0.2, 0.25) is 0 Å². The Kier molecular flexibility index (Phi) is 4.80. The first-order valence-corrected chi connectivity index (χ1v) is 7.77. The summed E-state index contributed by atoms with van der Waals surface area (Å²) in [7, 11) is 2.11. The SMILES string of the molecule is CN1CCN(CC(=O)NC[C@H]2COc3ccccc3O2)CC1. The molecule has 1 N–H and O–H groups in total. The first-order valence-electron chi connectivity index (χ1n) is 7.77. The lowest BCUT2D eigenvalue weighted by Gasteiger charge is -2.32. The van der Waals surface area contributed by atoms with Gasteiger partial charge in [-0.3, -0.25) is 9.69 Å². The van der Waals surface area contributed by atoms with Crippen molar-refractivity contribution >= 4 is 5.91 Å². The smallest absolute Gasteiger partial charge is 0.234 e. The highest BCUT2D eigenvalue weighted by Gasteiger charge is 2.22. The van der Waals surface area contributed by atoms with Crippen LogP contribution in [0.5, 0.6) is 11.5 Å². The summed E-state index contributed by atoms with van der Waals surface area (Å²) in [6.45, 7) is 5.32. The highest BCUT2D eigenvalue weighted by Crippen LogP contribution is 2.30. The lowest BCUT2D eigenvalue weighted by atomic mass is 10.2. The third kappa shape index (κ3) is 3.90. The van der Waals surface area contributed by atoms with Crippen molar-refractivity contribution in [1.29, 1.82) is 0 Å². The van der Waals surface area contributed by atoms with Crippen molar-refractivity contribution in [2.45, 2.75) is 6.10 Å². The second-order valence-electron chi connectivity index (χ2n) is 5.88. The van der Waals surface area contributed by atoms with Crippen LogP contribution in [0.3, 0.4) is 0 Å². The van der Waals surface area contributed by atoms with Crippen LogP contribution in [-0.4, -0.2) is 74.7 Å². The molecule has 1 aromatic rings. The van der Waals surface area contributed by atoms with Crippen LogP contribution in [0.4, 0.5) is 0 Å².